The van der Waals surface area contributed by atoms with Crippen LogP contribution in [0, 0.1) is 0 Å². The van der Waals surface area contributed by atoms with Crippen molar-refractivity contribution in [2.45, 2.75) is 5.16 Å². The number of carbonyl (C=O) groups excluding carboxylic acids is 1. The minimum absolute atomic E-state index is 0.0936. The highest BCUT2D eigenvalue weighted by Gasteiger charge is 2.18. The molecule has 19 heavy (non-hydrogen) atoms. The highest BCUT2D eigenvalue weighted by atomic mass is 32.2. The highest BCUT2D eigenvalue weighted by molar-refractivity contribution is 7.98. The zero-order chi connectivity index (χ0) is 13.7. The van der Waals surface area contributed by atoms with E-state index in [4.69, 9.17) is 5.21 Å². The monoisotopic (exact) mass is 273 g/mol. The second kappa shape index (κ2) is 6.10. The molecule has 2 aromatic rings. The summed E-state index contributed by atoms with van der Waals surface area (Å²) in [6, 6.07) is 10.2. The maximum absolute atomic E-state index is 12.2. The van der Waals surface area contributed by atoms with Gasteiger partial charge in [0.1, 0.15) is 5.69 Å². The number of Topliss-reactive ketones (excluding diaryl/α,β-unsaturated/α-hetero) is 1. The lowest BCUT2D eigenvalue weighted by Gasteiger charge is -2.04. The number of thioether (sulfide) groups is 1. The Morgan fingerprint density at radius 1 is 1.26 bits per heavy atom. The van der Waals surface area contributed by atoms with Gasteiger partial charge in [0.05, 0.1) is 0 Å². The van der Waals surface area contributed by atoms with Crippen LogP contribution in [-0.2, 0) is 0 Å². The van der Waals surface area contributed by atoms with E-state index in [9.17, 15) is 4.79 Å². The van der Waals surface area contributed by atoms with Crippen molar-refractivity contribution >= 4 is 23.3 Å². The van der Waals surface area contributed by atoms with Crippen LogP contribution in [0.15, 0.2) is 52.9 Å². The van der Waals surface area contributed by atoms with Gasteiger partial charge in [0, 0.05) is 11.8 Å². The molecule has 0 fully saturated rings. The van der Waals surface area contributed by atoms with Crippen LogP contribution < -0.4 is 0 Å². The average molecular weight is 273 g/mol. The fraction of sp³-hybridized carbons (Fsp3) is 0.0769. The molecule has 2 rings (SSSR count). The summed E-state index contributed by atoms with van der Waals surface area (Å²) in [5.41, 5.74) is 0.652. The summed E-state index contributed by atoms with van der Waals surface area (Å²) < 4.78 is 0. The first kappa shape index (κ1) is 13.2. The number of hydrogen-bond donors (Lipinski definition) is 1. The number of aromatic nitrogens is 2. The maximum Gasteiger partial charge on any atom is 0.216 e. The quantitative estimate of drug-likeness (QED) is 0.231. The van der Waals surface area contributed by atoms with Crippen molar-refractivity contribution in [3.05, 3.63) is 53.9 Å². The molecule has 5 nitrogen and oxygen atoms in total. The summed E-state index contributed by atoms with van der Waals surface area (Å²) in [5.74, 6) is -0.381. The number of rotatable bonds is 4. The molecule has 1 aromatic carbocycles. The van der Waals surface area contributed by atoms with E-state index in [1.54, 1.807) is 24.3 Å². The minimum Gasteiger partial charge on any atom is -0.410 e. The Bertz CT molecular complexity index is 614. The van der Waals surface area contributed by atoms with Crippen LogP contribution in [0.5, 0.6) is 0 Å². The molecule has 6 heteroatoms. The van der Waals surface area contributed by atoms with Crippen molar-refractivity contribution in [3.63, 3.8) is 0 Å². The van der Waals surface area contributed by atoms with Crippen molar-refractivity contribution in [2.75, 3.05) is 6.26 Å². The molecular formula is C13H11N3O2S. The smallest absolute Gasteiger partial charge is 0.216 e. The summed E-state index contributed by atoms with van der Waals surface area (Å²) in [4.78, 5) is 20.4. The minimum atomic E-state index is -0.381. The third-order valence-corrected chi connectivity index (χ3v) is 2.97. The van der Waals surface area contributed by atoms with Crippen LogP contribution in [0.2, 0.25) is 0 Å². The lowest BCUT2D eigenvalue weighted by Crippen LogP contribution is -2.17. The second-order valence-electron chi connectivity index (χ2n) is 3.57. The van der Waals surface area contributed by atoms with Gasteiger partial charge in [0.15, 0.2) is 10.9 Å². The molecule has 0 unspecified atom stereocenters. The summed E-state index contributed by atoms with van der Waals surface area (Å²) in [5, 5.41) is 12.7. The zero-order valence-electron chi connectivity index (χ0n) is 10.1. The molecule has 0 amide bonds. The molecule has 0 aliphatic carbocycles. The Hall–Kier alpha value is -2.21. The van der Waals surface area contributed by atoms with Gasteiger partial charge >= 0.3 is 0 Å². The molecule has 1 N–H and O–H groups in total. The van der Waals surface area contributed by atoms with E-state index in [-0.39, 0.29) is 11.5 Å². The first-order chi connectivity index (χ1) is 9.26. The number of carbonyl (C=O) groups is 1. The Morgan fingerprint density at radius 2 is 2.00 bits per heavy atom. The van der Waals surface area contributed by atoms with Crippen molar-refractivity contribution in [2.24, 2.45) is 5.16 Å². The van der Waals surface area contributed by atoms with Crippen LogP contribution in [0.3, 0.4) is 0 Å². The Balaban J connectivity index is 2.38. The van der Waals surface area contributed by atoms with Crippen molar-refractivity contribution in [1.29, 1.82) is 0 Å². The molecular weight excluding hydrogens is 262 g/mol. The Morgan fingerprint density at radius 3 is 2.63 bits per heavy atom. The van der Waals surface area contributed by atoms with Gasteiger partial charge in [-0.2, -0.15) is 0 Å². The standard InChI is InChI=1S/C13H11N3O2S/c1-19-13-14-8-7-10(15-13)11(16-18)12(17)9-5-3-2-4-6-9/h2-8,18H,1H3/b16-11+. The number of benzene rings is 1. The van der Waals surface area contributed by atoms with Crippen LogP contribution in [-0.4, -0.2) is 32.9 Å². The summed E-state index contributed by atoms with van der Waals surface area (Å²) in [6.07, 6.45) is 3.35. The number of oxime groups is 1. The number of nitrogens with zero attached hydrogens (tertiary/aromatic N) is 3. The second-order valence-corrected chi connectivity index (χ2v) is 4.35. The Labute approximate surface area is 114 Å². The van der Waals surface area contributed by atoms with E-state index in [1.807, 2.05) is 12.3 Å². The first-order valence-electron chi connectivity index (χ1n) is 5.45. The van der Waals surface area contributed by atoms with Crippen LogP contribution in [0.1, 0.15) is 16.1 Å². The van der Waals surface area contributed by atoms with E-state index in [0.717, 1.165) is 0 Å². The van der Waals surface area contributed by atoms with E-state index >= 15 is 0 Å². The van der Waals surface area contributed by atoms with Gasteiger partial charge in [0.2, 0.25) is 5.78 Å². The Kier molecular flexibility index (Phi) is 4.25. The lowest BCUT2D eigenvalue weighted by atomic mass is 10.0. The maximum atomic E-state index is 12.2. The fourth-order valence-electron chi connectivity index (χ4n) is 1.51. The van der Waals surface area contributed by atoms with Crippen molar-refractivity contribution in [3.8, 4) is 0 Å². The number of hydrogen-bond acceptors (Lipinski definition) is 6. The first-order valence-corrected chi connectivity index (χ1v) is 6.68. The predicted molar refractivity (Wildman–Crippen MR) is 72.9 cm³/mol. The van der Waals surface area contributed by atoms with Gasteiger partial charge in [-0.15, -0.1) is 0 Å². The highest BCUT2D eigenvalue weighted by Crippen LogP contribution is 2.11. The van der Waals surface area contributed by atoms with Gasteiger partial charge in [-0.25, -0.2) is 9.97 Å². The van der Waals surface area contributed by atoms with Crippen LogP contribution in [0.25, 0.3) is 0 Å². The fourth-order valence-corrected chi connectivity index (χ4v) is 1.87. The van der Waals surface area contributed by atoms with Gasteiger partial charge in [-0.05, 0) is 12.3 Å². The topological polar surface area (TPSA) is 75.4 Å². The van der Waals surface area contributed by atoms with Crippen molar-refractivity contribution < 1.29 is 10.0 Å². The van der Waals surface area contributed by atoms with Crippen LogP contribution in [0.4, 0.5) is 0 Å². The van der Waals surface area contributed by atoms with Gasteiger partial charge in [-0.3, -0.25) is 4.79 Å². The molecule has 0 aliphatic heterocycles. The lowest BCUT2D eigenvalue weighted by molar-refractivity contribution is 0.106. The molecule has 96 valence electrons. The van der Waals surface area contributed by atoms with Crippen LogP contribution >= 0.6 is 11.8 Å². The summed E-state index contributed by atoms with van der Waals surface area (Å²) >= 11 is 1.35. The molecule has 0 saturated carbocycles. The van der Waals surface area contributed by atoms with E-state index in [0.29, 0.717) is 16.4 Å². The summed E-state index contributed by atoms with van der Waals surface area (Å²) in [7, 11) is 0. The molecule has 0 saturated heterocycles. The zero-order valence-corrected chi connectivity index (χ0v) is 11.0. The van der Waals surface area contributed by atoms with Crippen molar-refractivity contribution in [1.82, 2.24) is 9.97 Å². The van der Waals surface area contributed by atoms with Gasteiger partial charge < -0.3 is 5.21 Å². The molecule has 0 atom stereocenters. The SMILES string of the molecule is CSc1nccc(/C(=N\O)C(=O)c2ccccc2)n1. The third-order valence-electron chi connectivity index (χ3n) is 2.41. The molecule has 0 aliphatic rings. The van der Waals surface area contributed by atoms with Gasteiger partial charge in [0.25, 0.3) is 0 Å². The van der Waals surface area contributed by atoms with E-state index in [1.165, 1.54) is 24.0 Å². The summed E-state index contributed by atoms with van der Waals surface area (Å²) in [6.45, 7) is 0. The molecule has 0 bridgehead atoms. The molecule has 1 heterocycles. The number of ketones is 1. The average Bonchev–Trinajstić information content (AvgIpc) is 2.49. The third kappa shape index (κ3) is 2.97. The predicted octanol–water partition coefficient (Wildman–Crippen LogP) is 2.26. The normalized spacial score (nSPS) is 11.3. The van der Waals surface area contributed by atoms with Gasteiger partial charge in [-0.1, -0.05) is 47.2 Å². The molecule has 0 spiro atoms. The van der Waals surface area contributed by atoms with E-state index in [2.05, 4.69) is 15.1 Å². The van der Waals surface area contributed by atoms with E-state index < -0.39 is 0 Å². The largest absolute Gasteiger partial charge is 0.410 e. The molecule has 0 radical (unpaired) electrons. The molecule has 1 aromatic heterocycles.